The van der Waals surface area contributed by atoms with E-state index < -0.39 is 37.0 Å². The van der Waals surface area contributed by atoms with Gasteiger partial charge in [-0.2, -0.15) is 26.3 Å². The Hall–Kier alpha value is -3.47. The van der Waals surface area contributed by atoms with E-state index in [1.54, 1.807) is 24.3 Å². The second-order valence-electron chi connectivity index (χ2n) is 10.8. The minimum Gasteiger partial charge on any atom is -0.493 e. The lowest BCUT2D eigenvalue weighted by Crippen LogP contribution is -2.58. The van der Waals surface area contributed by atoms with Crippen LogP contribution in [0.5, 0.6) is 17.2 Å². The van der Waals surface area contributed by atoms with Gasteiger partial charge in [-0.15, -0.1) is 0 Å². The zero-order chi connectivity index (χ0) is 32.9. The molecule has 0 bridgehead atoms. The van der Waals surface area contributed by atoms with Crippen LogP contribution in [0.4, 0.5) is 26.3 Å². The van der Waals surface area contributed by atoms with Gasteiger partial charge in [-0.05, 0) is 60.5 Å². The fraction of sp³-hybridized carbons (Fsp3) is 0.500. The summed E-state index contributed by atoms with van der Waals surface area (Å²) >= 11 is 0. The van der Waals surface area contributed by atoms with E-state index in [0.717, 1.165) is 19.3 Å². The van der Waals surface area contributed by atoms with Crippen molar-refractivity contribution in [3.05, 3.63) is 66.2 Å². The number of benzene rings is 3. The predicted molar refractivity (Wildman–Crippen MR) is 160 cm³/mol. The molecule has 0 N–H and O–H groups in total. The van der Waals surface area contributed by atoms with Crippen molar-refractivity contribution in [3.8, 4) is 17.2 Å². The second-order valence-corrected chi connectivity index (χ2v) is 10.8. The van der Waals surface area contributed by atoms with Gasteiger partial charge in [-0.3, -0.25) is 0 Å². The largest absolute Gasteiger partial charge is 0.493 e. The molecule has 0 aliphatic rings. The number of hydrogen-bond donors (Lipinski definition) is 0. The maximum atomic E-state index is 14.2. The summed E-state index contributed by atoms with van der Waals surface area (Å²) in [6.45, 7) is -0.241. The van der Waals surface area contributed by atoms with Crippen LogP contribution in [0.25, 0.3) is 10.8 Å². The van der Waals surface area contributed by atoms with Crippen LogP contribution in [0.15, 0.2) is 60.7 Å². The van der Waals surface area contributed by atoms with Gasteiger partial charge in [-0.25, -0.2) is 4.79 Å². The van der Waals surface area contributed by atoms with Crippen molar-refractivity contribution in [2.24, 2.45) is 0 Å². The van der Waals surface area contributed by atoms with Gasteiger partial charge in [0, 0.05) is 6.61 Å². The molecule has 3 aromatic rings. The molecule has 0 spiro atoms. The average Bonchev–Trinajstić information content (AvgIpc) is 3.02. The van der Waals surface area contributed by atoms with Gasteiger partial charge < -0.3 is 18.9 Å². The molecule has 248 valence electrons. The summed E-state index contributed by atoms with van der Waals surface area (Å²) in [5, 5.41) is 0.963. The summed E-state index contributed by atoms with van der Waals surface area (Å²) < 4.78 is 104. The molecule has 0 saturated heterocycles. The standard InChI is InChI=1S/C34H40F6O5/c1-3-5-6-7-8-9-10-13-20-43-30-15-12-11-14-29(30)31(41)45-28-19-17-25-21-27(18-16-26(25)22-28)44-24-33(37,38)34(39,40)32(35,36)23-42-4-2/h11-12,14-19,21-22H,3-10,13,20,23-24H2,1-2H3. The number of para-hydroxylation sites is 1. The van der Waals surface area contributed by atoms with E-state index in [9.17, 15) is 31.1 Å². The molecular formula is C34H40F6O5. The molecule has 0 saturated carbocycles. The molecule has 0 amide bonds. The molecule has 45 heavy (non-hydrogen) atoms. The highest BCUT2D eigenvalue weighted by atomic mass is 19.3. The first-order valence-electron chi connectivity index (χ1n) is 15.2. The van der Waals surface area contributed by atoms with E-state index in [4.69, 9.17) is 14.2 Å². The molecule has 0 heterocycles. The third kappa shape index (κ3) is 10.0. The van der Waals surface area contributed by atoms with Gasteiger partial charge in [0.1, 0.15) is 29.4 Å². The van der Waals surface area contributed by atoms with Crippen molar-refractivity contribution >= 4 is 16.7 Å². The van der Waals surface area contributed by atoms with Crippen molar-refractivity contribution in [2.45, 2.75) is 83.0 Å². The van der Waals surface area contributed by atoms with E-state index in [1.165, 1.54) is 75.4 Å². The zero-order valence-electron chi connectivity index (χ0n) is 25.6. The number of rotatable bonds is 20. The fourth-order valence-corrected chi connectivity index (χ4v) is 4.55. The Morgan fingerprint density at radius 1 is 0.667 bits per heavy atom. The number of hydrogen-bond acceptors (Lipinski definition) is 5. The molecular weight excluding hydrogens is 602 g/mol. The van der Waals surface area contributed by atoms with Gasteiger partial charge in [0.05, 0.1) is 6.61 Å². The lowest BCUT2D eigenvalue weighted by molar-refractivity contribution is -0.324. The highest BCUT2D eigenvalue weighted by Crippen LogP contribution is 2.46. The van der Waals surface area contributed by atoms with Gasteiger partial charge >= 0.3 is 23.7 Å². The molecule has 0 radical (unpaired) electrons. The smallest absolute Gasteiger partial charge is 0.377 e. The van der Waals surface area contributed by atoms with E-state index in [-0.39, 0.29) is 23.7 Å². The van der Waals surface area contributed by atoms with Crippen molar-refractivity contribution in [2.75, 3.05) is 26.4 Å². The average molecular weight is 643 g/mol. The Labute approximate surface area is 259 Å². The van der Waals surface area contributed by atoms with Gasteiger partial charge in [0.15, 0.2) is 6.61 Å². The van der Waals surface area contributed by atoms with Crippen LogP contribution < -0.4 is 14.2 Å². The third-order valence-corrected chi connectivity index (χ3v) is 7.18. The number of ether oxygens (including phenoxy) is 4. The van der Waals surface area contributed by atoms with E-state index in [1.807, 2.05) is 0 Å². The first-order valence-corrected chi connectivity index (χ1v) is 15.2. The highest BCUT2D eigenvalue weighted by molar-refractivity contribution is 5.94. The van der Waals surface area contributed by atoms with Crippen LogP contribution in [0.1, 0.15) is 75.6 Å². The van der Waals surface area contributed by atoms with E-state index >= 15 is 0 Å². The lowest BCUT2D eigenvalue weighted by Gasteiger charge is -2.32. The summed E-state index contributed by atoms with van der Waals surface area (Å²) in [4.78, 5) is 13.0. The van der Waals surface area contributed by atoms with Crippen molar-refractivity contribution in [1.82, 2.24) is 0 Å². The SMILES string of the molecule is CCCCCCCCCCOc1ccccc1C(=O)Oc1ccc2cc(OCC(F)(F)C(F)(F)C(F)(F)COCC)ccc2c1. The molecule has 0 aromatic heterocycles. The van der Waals surface area contributed by atoms with Crippen LogP contribution in [0.3, 0.4) is 0 Å². The van der Waals surface area contributed by atoms with Gasteiger partial charge in [0.25, 0.3) is 0 Å². The van der Waals surface area contributed by atoms with Crippen LogP contribution in [-0.2, 0) is 4.74 Å². The molecule has 0 fully saturated rings. The third-order valence-electron chi connectivity index (χ3n) is 7.18. The van der Waals surface area contributed by atoms with Crippen LogP contribution in [0.2, 0.25) is 0 Å². The number of alkyl halides is 6. The summed E-state index contributed by atoms with van der Waals surface area (Å²) in [6.07, 6.45) is 9.25. The molecule has 0 aliphatic heterocycles. The number of fused-ring (bicyclic) bond motifs is 1. The van der Waals surface area contributed by atoms with Gasteiger partial charge in [-0.1, -0.05) is 76.1 Å². The summed E-state index contributed by atoms with van der Waals surface area (Å²) in [5.41, 5.74) is 0.255. The first kappa shape index (κ1) is 36.0. The van der Waals surface area contributed by atoms with Crippen LogP contribution >= 0.6 is 0 Å². The Balaban J connectivity index is 1.57. The maximum Gasteiger partial charge on any atom is 0.377 e. The van der Waals surface area contributed by atoms with Crippen LogP contribution in [-0.4, -0.2) is 50.2 Å². The van der Waals surface area contributed by atoms with Crippen molar-refractivity contribution in [3.63, 3.8) is 0 Å². The summed E-state index contributed by atoms with van der Waals surface area (Å²) in [5.74, 6) is -16.3. The number of halogens is 6. The molecule has 0 unspecified atom stereocenters. The molecule has 5 nitrogen and oxygen atoms in total. The first-order chi connectivity index (χ1) is 21.4. The monoisotopic (exact) mass is 642 g/mol. The summed E-state index contributed by atoms with van der Waals surface area (Å²) in [6, 6.07) is 15.2. The Morgan fingerprint density at radius 2 is 1.24 bits per heavy atom. The second kappa shape index (κ2) is 16.7. The minimum absolute atomic E-state index is 0.196. The van der Waals surface area contributed by atoms with Crippen molar-refractivity contribution < 1.29 is 50.1 Å². The zero-order valence-corrected chi connectivity index (χ0v) is 25.6. The Morgan fingerprint density at radius 3 is 1.91 bits per heavy atom. The number of esters is 1. The maximum absolute atomic E-state index is 14.2. The minimum atomic E-state index is -5.71. The Bertz CT molecular complexity index is 1360. The number of carbonyl (C=O) groups excluding carboxylic acids is 1. The number of unbranched alkanes of at least 4 members (excludes halogenated alkanes) is 7. The van der Waals surface area contributed by atoms with E-state index in [2.05, 4.69) is 11.7 Å². The molecule has 3 rings (SSSR count). The normalized spacial score (nSPS) is 12.4. The lowest BCUT2D eigenvalue weighted by atomic mass is 10.1. The molecule has 0 atom stereocenters. The quantitative estimate of drug-likeness (QED) is 0.0532. The fourth-order valence-electron chi connectivity index (χ4n) is 4.55. The van der Waals surface area contributed by atoms with Gasteiger partial charge in [0.2, 0.25) is 0 Å². The number of carbonyl (C=O) groups is 1. The molecule has 11 heteroatoms. The summed E-state index contributed by atoms with van der Waals surface area (Å²) in [7, 11) is 0. The molecule has 3 aromatic carbocycles. The Kier molecular flexibility index (Phi) is 13.4. The topological polar surface area (TPSA) is 54.0 Å². The van der Waals surface area contributed by atoms with Crippen LogP contribution in [0, 0.1) is 0 Å². The predicted octanol–water partition coefficient (Wildman–Crippen LogP) is 9.90. The van der Waals surface area contributed by atoms with E-state index in [0.29, 0.717) is 23.1 Å². The highest BCUT2D eigenvalue weighted by Gasteiger charge is 2.71. The van der Waals surface area contributed by atoms with Crippen molar-refractivity contribution in [1.29, 1.82) is 0 Å². The molecule has 0 aliphatic carbocycles.